The molecule has 4 nitrogen and oxygen atoms in total. The Labute approximate surface area is 132 Å². The first kappa shape index (κ1) is 15.9. The van der Waals surface area contributed by atoms with E-state index in [2.05, 4.69) is 5.32 Å². The van der Waals surface area contributed by atoms with Crippen molar-refractivity contribution in [2.45, 2.75) is 50.0 Å². The van der Waals surface area contributed by atoms with Crippen LogP contribution in [0.3, 0.4) is 0 Å². The van der Waals surface area contributed by atoms with Crippen molar-refractivity contribution in [2.75, 3.05) is 0 Å². The minimum atomic E-state index is -1.16. The lowest BCUT2D eigenvalue weighted by Gasteiger charge is -2.41. The van der Waals surface area contributed by atoms with Gasteiger partial charge in [0, 0.05) is 11.6 Å². The summed E-state index contributed by atoms with van der Waals surface area (Å²) < 4.78 is 28.2. The summed E-state index contributed by atoms with van der Waals surface area (Å²) in [6.07, 6.45) is 3.03. The number of carboxylic acids is 1. The molecule has 0 unspecified atom stereocenters. The van der Waals surface area contributed by atoms with E-state index in [1.54, 1.807) is 0 Å². The van der Waals surface area contributed by atoms with Crippen LogP contribution in [0.25, 0.3) is 0 Å². The number of rotatable bonds is 4. The van der Waals surface area contributed by atoms with Crippen LogP contribution in [0, 0.1) is 17.6 Å². The molecule has 0 spiro atoms. The molecule has 1 aromatic carbocycles. The lowest BCUT2D eigenvalue weighted by Crippen LogP contribution is -2.52. The Morgan fingerprint density at radius 1 is 1.17 bits per heavy atom. The molecule has 1 aromatic rings. The molecule has 23 heavy (non-hydrogen) atoms. The number of carbonyl (C=O) groups is 2. The molecule has 0 heterocycles. The minimum absolute atomic E-state index is 0.156. The summed E-state index contributed by atoms with van der Waals surface area (Å²) in [4.78, 5) is 23.7. The maximum absolute atomic E-state index is 14.1. The number of hydrogen-bond donors (Lipinski definition) is 2. The van der Waals surface area contributed by atoms with E-state index in [-0.39, 0.29) is 17.5 Å². The van der Waals surface area contributed by atoms with Gasteiger partial charge in [0.25, 0.3) is 0 Å². The number of carboxylic acid groups (broad SMARTS) is 1. The van der Waals surface area contributed by atoms with Gasteiger partial charge in [-0.1, -0.05) is 12.5 Å². The fourth-order valence-electron chi connectivity index (χ4n) is 3.74. The molecule has 0 radical (unpaired) electrons. The van der Waals surface area contributed by atoms with Crippen molar-refractivity contribution in [1.82, 2.24) is 5.32 Å². The van der Waals surface area contributed by atoms with Gasteiger partial charge in [-0.3, -0.25) is 9.59 Å². The highest BCUT2D eigenvalue weighted by Crippen LogP contribution is 2.46. The van der Waals surface area contributed by atoms with E-state index in [1.807, 2.05) is 0 Å². The smallest absolute Gasteiger partial charge is 0.306 e. The van der Waals surface area contributed by atoms with Crippen molar-refractivity contribution in [3.05, 3.63) is 35.4 Å². The van der Waals surface area contributed by atoms with E-state index >= 15 is 0 Å². The molecule has 2 N–H and O–H groups in total. The van der Waals surface area contributed by atoms with Gasteiger partial charge in [-0.05, 0) is 44.2 Å². The molecule has 3 rings (SSSR count). The highest BCUT2D eigenvalue weighted by Gasteiger charge is 2.49. The predicted octanol–water partition coefficient (Wildman–Crippen LogP) is 2.76. The largest absolute Gasteiger partial charge is 0.481 e. The van der Waals surface area contributed by atoms with E-state index in [1.165, 1.54) is 18.2 Å². The maximum Gasteiger partial charge on any atom is 0.306 e. The first-order valence-corrected chi connectivity index (χ1v) is 7.92. The van der Waals surface area contributed by atoms with Crippen molar-refractivity contribution in [2.24, 2.45) is 5.92 Å². The van der Waals surface area contributed by atoms with Crippen molar-refractivity contribution in [1.29, 1.82) is 0 Å². The van der Waals surface area contributed by atoms with E-state index in [9.17, 15) is 18.4 Å². The highest BCUT2D eigenvalue weighted by atomic mass is 19.1. The Balaban J connectivity index is 1.79. The summed E-state index contributed by atoms with van der Waals surface area (Å²) in [6, 6.07) is 3.38. The van der Waals surface area contributed by atoms with Crippen LogP contribution in [0.15, 0.2) is 18.2 Å². The number of halogens is 2. The molecule has 2 aliphatic rings. The average Bonchev–Trinajstić information content (AvgIpc) is 2.89. The first-order chi connectivity index (χ1) is 10.9. The second kappa shape index (κ2) is 5.91. The van der Waals surface area contributed by atoms with Gasteiger partial charge in [0.1, 0.15) is 11.6 Å². The summed E-state index contributed by atoms with van der Waals surface area (Å²) in [5, 5.41) is 11.8. The molecule has 2 aliphatic carbocycles. The van der Waals surface area contributed by atoms with Crippen molar-refractivity contribution >= 4 is 11.9 Å². The molecule has 6 heteroatoms. The Kier molecular flexibility index (Phi) is 4.08. The molecule has 1 amide bonds. The summed E-state index contributed by atoms with van der Waals surface area (Å²) in [6.45, 7) is 0. The van der Waals surface area contributed by atoms with Crippen LogP contribution < -0.4 is 5.32 Å². The minimum Gasteiger partial charge on any atom is -0.481 e. The number of benzene rings is 1. The quantitative estimate of drug-likeness (QED) is 0.895. The van der Waals surface area contributed by atoms with Crippen molar-refractivity contribution in [3.8, 4) is 0 Å². The third-order valence-corrected chi connectivity index (χ3v) is 5.20. The zero-order valence-corrected chi connectivity index (χ0v) is 12.6. The Morgan fingerprint density at radius 3 is 2.30 bits per heavy atom. The molecule has 0 aromatic heterocycles. The molecule has 0 saturated heterocycles. The maximum atomic E-state index is 14.1. The number of carbonyl (C=O) groups excluding carboxylic acids is 1. The van der Waals surface area contributed by atoms with Crippen LogP contribution in [0.1, 0.15) is 44.1 Å². The Bertz CT molecular complexity index is 622. The molecule has 0 bridgehead atoms. The zero-order valence-electron chi connectivity index (χ0n) is 12.6. The molecule has 2 saturated carbocycles. The van der Waals surface area contributed by atoms with Crippen LogP contribution in [-0.4, -0.2) is 23.0 Å². The summed E-state index contributed by atoms with van der Waals surface area (Å²) in [5.74, 6) is -3.10. The monoisotopic (exact) mass is 323 g/mol. The lowest BCUT2D eigenvalue weighted by atomic mass is 9.63. The Morgan fingerprint density at radius 2 is 1.83 bits per heavy atom. The zero-order chi connectivity index (χ0) is 16.6. The standard InChI is InChI=1S/C17H19F2NO3/c18-12-3-1-4-13(19)14(12)17(7-2-8-17)16(23)20-11-6-5-10(9-11)15(21)22/h1,3-4,10-11H,2,5-9H2,(H,20,23)(H,21,22)/t10-,11+/m0/s1. The Hall–Kier alpha value is -1.98. The summed E-state index contributed by atoms with van der Waals surface area (Å²) in [7, 11) is 0. The second-order valence-corrected chi connectivity index (χ2v) is 6.55. The predicted molar refractivity (Wildman–Crippen MR) is 78.8 cm³/mol. The van der Waals surface area contributed by atoms with E-state index in [4.69, 9.17) is 5.11 Å². The normalized spacial score (nSPS) is 25.7. The highest BCUT2D eigenvalue weighted by molar-refractivity contribution is 5.89. The van der Waals surface area contributed by atoms with Gasteiger partial charge < -0.3 is 10.4 Å². The van der Waals surface area contributed by atoms with Crippen molar-refractivity contribution in [3.63, 3.8) is 0 Å². The third kappa shape index (κ3) is 2.71. The van der Waals surface area contributed by atoms with Crippen LogP contribution in [0.5, 0.6) is 0 Å². The topological polar surface area (TPSA) is 66.4 Å². The van der Waals surface area contributed by atoms with E-state index in [0.29, 0.717) is 32.1 Å². The lowest BCUT2D eigenvalue weighted by molar-refractivity contribution is -0.141. The molecular weight excluding hydrogens is 304 g/mol. The first-order valence-electron chi connectivity index (χ1n) is 7.92. The van der Waals surface area contributed by atoms with Gasteiger partial charge in [-0.2, -0.15) is 0 Å². The average molecular weight is 323 g/mol. The number of hydrogen-bond acceptors (Lipinski definition) is 2. The van der Waals surface area contributed by atoms with Crippen molar-refractivity contribution < 1.29 is 23.5 Å². The van der Waals surface area contributed by atoms with Gasteiger partial charge >= 0.3 is 5.97 Å². The van der Waals surface area contributed by atoms with Crippen LogP contribution >= 0.6 is 0 Å². The van der Waals surface area contributed by atoms with Gasteiger partial charge in [-0.15, -0.1) is 0 Å². The molecular formula is C17H19F2NO3. The number of amides is 1. The van der Waals surface area contributed by atoms with E-state index in [0.717, 1.165) is 6.42 Å². The van der Waals surface area contributed by atoms with Crippen LogP contribution in [-0.2, 0) is 15.0 Å². The van der Waals surface area contributed by atoms with Gasteiger partial charge in [-0.25, -0.2) is 8.78 Å². The van der Waals surface area contributed by atoms with Gasteiger partial charge in [0.05, 0.1) is 11.3 Å². The fourth-order valence-corrected chi connectivity index (χ4v) is 3.74. The second-order valence-electron chi connectivity index (χ2n) is 6.55. The van der Waals surface area contributed by atoms with Gasteiger partial charge in [0.2, 0.25) is 5.91 Å². The van der Waals surface area contributed by atoms with Crippen LogP contribution in [0.2, 0.25) is 0 Å². The molecule has 0 aliphatic heterocycles. The SMILES string of the molecule is O=C(O)[C@H]1CC[C@@H](NC(=O)C2(c3c(F)cccc3F)CCC2)C1. The molecule has 124 valence electrons. The molecule has 2 atom stereocenters. The summed E-state index contributed by atoms with van der Waals surface area (Å²) >= 11 is 0. The van der Waals surface area contributed by atoms with Crippen LogP contribution in [0.4, 0.5) is 8.78 Å². The molecule has 2 fully saturated rings. The summed E-state index contributed by atoms with van der Waals surface area (Å²) in [5.41, 5.74) is -1.31. The fraction of sp³-hybridized carbons (Fsp3) is 0.529. The van der Waals surface area contributed by atoms with E-state index < -0.39 is 28.9 Å². The number of aliphatic carboxylic acids is 1. The number of nitrogens with one attached hydrogen (secondary N) is 1. The van der Waals surface area contributed by atoms with Gasteiger partial charge in [0.15, 0.2) is 0 Å². The third-order valence-electron chi connectivity index (χ3n) is 5.20.